The van der Waals surface area contributed by atoms with Gasteiger partial charge < -0.3 is 10.1 Å². The van der Waals surface area contributed by atoms with Crippen molar-refractivity contribution in [1.82, 2.24) is 5.32 Å². The molecule has 0 unspecified atom stereocenters. The minimum Gasteiger partial charge on any atom is -0.381 e. The number of carbonyl (C=O) groups is 1. The summed E-state index contributed by atoms with van der Waals surface area (Å²) >= 11 is 0. The molecule has 1 amide bonds. The summed E-state index contributed by atoms with van der Waals surface area (Å²) in [5.41, 5.74) is 2.73. The Morgan fingerprint density at radius 2 is 1.72 bits per heavy atom. The third kappa shape index (κ3) is 4.07. The molecule has 132 valence electrons. The van der Waals surface area contributed by atoms with Gasteiger partial charge in [0.05, 0.1) is 0 Å². The minimum atomic E-state index is -0.244. The fraction of sp³-hybridized carbons (Fsp3) is 0.381. The first-order chi connectivity index (χ1) is 12.1. The van der Waals surface area contributed by atoms with E-state index in [1.807, 2.05) is 36.4 Å². The first-order valence-electron chi connectivity index (χ1n) is 8.84. The highest BCUT2D eigenvalue weighted by molar-refractivity contribution is 5.94. The fourth-order valence-electron chi connectivity index (χ4n) is 3.38. The Kier molecular flexibility index (Phi) is 5.49. The molecule has 4 heteroatoms. The van der Waals surface area contributed by atoms with Crippen molar-refractivity contribution in [3.05, 3.63) is 71.0 Å². The first-order valence-corrected chi connectivity index (χ1v) is 8.84. The van der Waals surface area contributed by atoms with Gasteiger partial charge in [-0.05, 0) is 54.7 Å². The van der Waals surface area contributed by atoms with Crippen LogP contribution in [-0.4, -0.2) is 25.7 Å². The number of rotatable bonds is 5. The smallest absolute Gasteiger partial charge is 0.251 e. The number of hydrogen-bond donors (Lipinski definition) is 1. The maximum atomic E-state index is 13.3. The van der Waals surface area contributed by atoms with E-state index in [-0.39, 0.29) is 17.1 Å². The summed E-state index contributed by atoms with van der Waals surface area (Å²) in [6.07, 6.45) is 2.58. The maximum Gasteiger partial charge on any atom is 0.251 e. The van der Waals surface area contributed by atoms with Crippen LogP contribution >= 0.6 is 0 Å². The average molecular weight is 341 g/mol. The lowest BCUT2D eigenvalue weighted by Crippen LogP contribution is -2.44. The summed E-state index contributed by atoms with van der Waals surface area (Å²) in [4.78, 5) is 12.5. The van der Waals surface area contributed by atoms with E-state index in [1.54, 1.807) is 0 Å². The van der Waals surface area contributed by atoms with E-state index in [1.165, 1.54) is 17.7 Å². The van der Waals surface area contributed by atoms with Gasteiger partial charge in [-0.2, -0.15) is 0 Å². The van der Waals surface area contributed by atoms with Crippen molar-refractivity contribution in [2.24, 2.45) is 0 Å². The number of aryl methyl sites for hydroxylation is 1. The summed E-state index contributed by atoms with van der Waals surface area (Å²) in [6.45, 7) is 3.92. The van der Waals surface area contributed by atoms with Gasteiger partial charge in [-0.3, -0.25) is 4.79 Å². The second-order valence-electron chi connectivity index (χ2n) is 6.63. The highest BCUT2D eigenvalue weighted by atomic mass is 19.1. The SMILES string of the molecule is CCc1ccc(C(=O)NCC2(c3ccc(F)cc3)CCOCC2)cc1. The van der Waals surface area contributed by atoms with Crippen molar-refractivity contribution >= 4 is 5.91 Å². The molecule has 0 aromatic heterocycles. The molecule has 1 N–H and O–H groups in total. The van der Waals surface area contributed by atoms with Crippen LogP contribution in [0.15, 0.2) is 48.5 Å². The van der Waals surface area contributed by atoms with E-state index in [0.29, 0.717) is 25.3 Å². The van der Waals surface area contributed by atoms with Crippen molar-refractivity contribution in [3.8, 4) is 0 Å². The predicted molar refractivity (Wildman–Crippen MR) is 96.3 cm³/mol. The van der Waals surface area contributed by atoms with Gasteiger partial charge in [-0.15, -0.1) is 0 Å². The molecule has 1 saturated heterocycles. The highest BCUT2D eigenvalue weighted by Gasteiger charge is 2.34. The number of ether oxygens (including phenoxy) is 1. The van der Waals surface area contributed by atoms with Crippen molar-refractivity contribution < 1.29 is 13.9 Å². The van der Waals surface area contributed by atoms with Gasteiger partial charge in [0.15, 0.2) is 0 Å². The zero-order chi connectivity index (χ0) is 17.7. The molecular formula is C21H24FNO2. The molecule has 1 aliphatic heterocycles. The number of hydrogen-bond acceptors (Lipinski definition) is 2. The van der Waals surface area contributed by atoms with Crippen LogP contribution in [0.5, 0.6) is 0 Å². The first kappa shape index (κ1) is 17.6. The molecule has 0 bridgehead atoms. The van der Waals surface area contributed by atoms with Gasteiger partial charge in [-0.25, -0.2) is 4.39 Å². The van der Waals surface area contributed by atoms with Crippen LogP contribution in [0, 0.1) is 5.82 Å². The molecule has 0 spiro atoms. The van der Waals surface area contributed by atoms with Crippen molar-refractivity contribution in [3.63, 3.8) is 0 Å². The normalized spacial score (nSPS) is 16.4. The quantitative estimate of drug-likeness (QED) is 0.897. The van der Waals surface area contributed by atoms with Crippen molar-refractivity contribution in [2.75, 3.05) is 19.8 Å². The molecule has 1 fully saturated rings. The van der Waals surface area contributed by atoms with E-state index in [0.717, 1.165) is 24.8 Å². The van der Waals surface area contributed by atoms with E-state index >= 15 is 0 Å². The lowest BCUT2D eigenvalue weighted by Gasteiger charge is -2.38. The summed E-state index contributed by atoms with van der Waals surface area (Å²) < 4.78 is 18.8. The van der Waals surface area contributed by atoms with E-state index in [9.17, 15) is 9.18 Å². The second kappa shape index (κ2) is 7.79. The Balaban J connectivity index is 1.74. The van der Waals surface area contributed by atoms with Crippen LogP contribution < -0.4 is 5.32 Å². The fourth-order valence-corrected chi connectivity index (χ4v) is 3.38. The highest BCUT2D eigenvalue weighted by Crippen LogP contribution is 2.34. The molecular weight excluding hydrogens is 317 g/mol. The molecule has 1 heterocycles. The Hall–Kier alpha value is -2.20. The summed E-state index contributed by atoms with van der Waals surface area (Å²) in [5, 5.41) is 3.07. The van der Waals surface area contributed by atoms with Gasteiger partial charge in [0.1, 0.15) is 5.82 Å². The van der Waals surface area contributed by atoms with E-state index < -0.39 is 0 Å². The van der Waals surface area contributed by atoms with Crippen LogP contribution in [0.2, 0.25) is 0 Å². The Morgan fingerprint density at radius 3 is 2.32 bits per heavy atom. The molecule has 0 atom stereocenters. The summed E-state index contributed by atoms with van der Waals surface area (Å²) in [5.74, 6) is -0.318. The molecule has 2 aromatic carbocycles. The monoisotopic (exact) mass is 341 g/mol. The Labute approximate surface area is 148 Å². The van der Waals surface area contributed by atoms with Gasteiger partial charge in [0, 0.05) is 30.7 Å². The predicted octanol–water partition coefficient (Wildman–Crippen LogP) is 3.87. The average Bonchev–Trinajstić information content (AvgIpc) is 2.67. The molecule has 2 aromatic rings. The third-order valence-corrected chi connectivity index (χ3v) is 5.12. The topological polar surface area (TPSA) is 38.3 Å². The molecule has 0 radical (unpaired) electrons. The van der Waals surface area contributed by atoms with E-state index in [2.05, 4.69) is 12.2 Å². The van der Waals surface area contributed by atoms with Crippen LogP contribution in [0.4, 0.5) is 4.39 Å². The van der Waals surface area contributed by atoms with Gasteiger partial charge in [0.25, 0.3) is 5.91 Å². The Morgan fingerprint density at radius 1 is 1.08 bits per heavy atom. The van der Waals surface area contributed by atoms with Crippen LogP contribution in [0.3, 0.4) is 0 Å². The molecule has 0 saturated carbocycles. The van der Waals surface area contributed by atoms with Crippen molar-refractivity contribution in [1.29, 1.82) is 0 Å². The lowest BCUT2D eigenvalue weighted by atomic mass is 9.74. The van der Waals surface area contributed by atoms with Gasteiger partial charge in [-0.1, -0.05) is 31.2 Å². The Bertz CT molecular complexity index is 704. The largest absolute Gasteiger partial charge is 0.381 e. The number of halogens is 1. The van der Waals surface area contributed by atoms with Gasteiger partial charge in [0.2, 0.25) is 0 Å². The number of amides is 1. The van der Waals surface area contributed by atoms with Crippen LogP contribution in [0.1, 0.15) is 41.3 Å². The van der Waals surface area contributed by atoms with Crippen LogP contribution in [0.25, 0.3) is 0 Å². The zero-order valence-electron chi connectivity index (χ0n) is 14.6. The van der Waals surface area contributed by atoms with Crippen LogP contribution in [-0.2, 0) is 16.6 Å². The third-order valence-electron chi connectivity index (χ3n) is 5.12. The standard InChI is InChI=1S/C21H24FNO2/c1-2-16-3-5-17(6-4-16)20(24)23-15-21(11-13-25-14-12-21)18-7-9-19(22)10-8-18/h3-10H,2,11-15H2,1H3,(H,23,24). The molecule has 3 nitrogen and oxygen atoms in total. The number of nitrogens with one attached hydrogen (secondary N) is 1. The summed E-state index contributed by atoms with van der Waals surface area (Å²) in [7, 11) is 0. The minimum absolute atomic E-state index is 0.0735. The molecule has 0 aliphatic carbocycles. The van der Waals surface area contributed by atoms with Gasteiger partial charge >= 0.3 is 0 Å². The van der Waals surface area contributed by atoms with Crippen molar-refractivity contribution in [2.45, 2.75) is 31.6 Å². The summed E-state index contributed by atoms with van der Waals surface area (Å²) in [6, 6.07) is 14.3. The number of carbonyl (C=O) groups excluding carboxylic acids is 1. The zero-order valence-corrected chi connectivity index (χ0v) is 14.6. The molecule has 1 aliphatic rings. The molecule has 3 rings (SSSR count). The number of benzene rings is 2. The lowest BCUT2D eigenvalue weighted by molar-refractivity contribution is 0.0487. The van der Waals surface area contributed by atoms with E-state index in [4.69, 9.17) is 4.74 Å². The molecule has 25 heavy (non-hydrogen) atoms. The maximum absolute atomic E-state index is 13.3. The second-order valence-corrected chi connectivity index (χ2v) is 6.63.